The molecule has 9 heteroatoms. The maximum absolute atomic E-state index is 12.6. The molecule has 1 amide bonds. The molecule has 1 saturated heterocycles. The summed E-state index contributed by atoms with van der Waals surface area (Å²) in [6.07, 6.45) is 1.57. The summed E-state index contributed by atoms with van der Waals surface area (Å²) in [5, 5.41) is 13.1. The first-order valence-electron chi connectivity index (χ1n) is 7.78. The molecule has 0 spiro atoms. The van der Waals surface area contributed by atoms with E-state index in [1.165, 1.54) is 0 Å². The summed E-state index contributed by atoms with van der Waals surface area (Å²) < 4.78 is 1.64. The molecule has 128 valence electrons. The lowest BCUT2D eigenvalue weighted by molar-refractivity contribution is 0.0746. The summed E-state index contributed by atoms with van der Waals surface area (Å²) in [7, 11) is 0. The van der Waals surface area contributed by atoms with E-state index in [4.69, 9.17) is 23.2 Å². The van der Waals surface area contributed by atoms with Gasteiger partial charge in [-0.2, -0.15) is 4.52 Å². The minimum Gasteiger partial charge on any atom is -0.352 e. The van der Waals surface area contributed by atoms with Crippen LogP contribution in [-0.2, 0) is 0 Å². The standard InChI is InChI=1S/C16H14Cl2N6O/c17-12-2-1-11(9-13(12)18)16(25)23-7-5-22(6-8-23)15-4-3-14-20-19-10-24(14)21-15/h1-4,9-10H,5-8H2. The number of anilines is 1. The van der Waals surface area contributed by atoms with Gasteiger partial charge in [-0.05, 0) is 30.3 Å². The molecule has 1 aliphatic heterocycles. The van der Waals surface area contributed by atoms with Crippen LogP contribution in [0.1, 0.15) is 10.4 Å². The van der Waals surface area contributed by atoms with Gasteiger partial charge in [0, 0.05) is 31.7 Å². The van der Waals surface area contributed by atoms with Gasteiger partial charge in [-0.15, -0.1) is 15.3 Å². The summed E-state index contributed by atoms with van der Waals surface area (Å²) in [4.78, 5) is 16.6. The Hall–Kier alpha value is -2.38. The van der Waals surface area contributed by atoms with Crippen LogP contribution in [0.25, 0.3) is 5.65 Å². The van der Waals surface area contributed by atoms with Crippen molar-refractivity contribution in [1.29, 1.82) is 0 Å². The van der Waals surface area contributed by atoms with Crippen molar-refractivity contribution in [1.82, 2.24) is 24.7 Å². The van der Waals surface area contributed by atoms with E-state index < -0.39 is 0 Å². The smallest absolute Gasteiger partial charge is 0.254 e. The highest BCUT2D eigenvalue weighted by molar-refractivity contribution is 6.42. The van der Waals surface area contributed by atoms with E-state index in [1.54, 1.807) is 29.0 Å². The van der Waals surface area contributed by atoms with Crippen molar-refractivity contribution in [2.45, 2.75) is 0 Å². The molecule has 2 aromatic heterocycles. The van der Waals surface area contributed by atoms with E-state index in [-0.39, 0.29) is 5.91 Å². The average Bonchev–Trinajstić information content (AvgIpc) is 3.11. The largest absolute Gasteiger partial charge is 0.352 e. The van der Waals surface area contributed by atoms with Crippen LogP contribution in [0.4, 0.5) is 5.82 Å². The highest BCUT2D eigenvalue weighted by Crippen LogP contribution is 2.24. The molecule has 0 radical (unpaired) electrons. The van der Waals surface area contributed by atoms with Gasteiger partial charge in [0.15, 0.2) is 5.65 Å². The van der Waals surface area contributed by atoms with Crippen molar-refractivity contribution in [2.24, 2.45) is 0 Å². The molecule has 25 heavy (non-hydrogen) atoms. The third-order valence-electron chi connectivity index (χ3n) is 4.21. The fourth-order valence-corrected chi connectivity index (χ4v) is 3.14. The number of aromatic nitrogens is 4. The first-order chi connectivity index (χ1) is 12.1. The predicted molar refractivity (Wildman–Crippen MR) is 95.4 cm³/mol. The van der Waals surface area contributed by atoms with Gasteiger partial charge >= 0.3 is 0 Å². The number of carbonyl (C=O) groups excluding carboxylic acids is 1. The van der Waals surface area contributed by atoms with Crippen LogP contribution in [0.2, 0.25) is 10.0 Å². The lowest BCUT2D eigenvalue weighted by Crippen LogP contribution is -2.49. The van der Waals surface area contributed by atoms with Gasteiger partial charge in [-0.3, -0.25) is 4.79 Å². The van der Waals surface area contributed by atoms with Crippen molar-refractivity contribution in [2.75, 3.05) is 31.1 Å². The van der Waals surface area contributed by atoms with Crippen LogP contribution in [0.3, 0.4) is 0 Å². The van der Waals surface area contributed by atoms with Crippen LogP contribution < -0.4 is 4.90 Å². The SMILES string of the molecule is O=C(c1ccc(Cl)c(Cl)c1)N1CCN(c2ccc3nncn3n2)CC1. The number of rotatable bonds is 2. The Balaban J connectivity index is 1.45. The maximum atomic E-state index is 12.6. The summed E-state index contributed by atoms with van der Waals surface area (Å²) in [6.45, 7) is 2.63. The Morgan fingerprint density at radius 3 is 2.56 bits per heavy atom. The lowest BCUT2D eigenvalue weighted by atomic mass is 10.2. The second-order valence-electron chi connectivity index (χ2n) is 5.73. The normalized spacial score (nSPS) is 15.0. The average molecular weight is 377 g/mol. The van der Waals surface area contributed by atoms with Crippen molar-refractivity contribution in [3.8, 4) is 0 Å². The second kappa shape index (κ2) is 6.50. The van der Waals surface area contributed by atoms with Crippen molar-refractivity contribution in [3.63, 3.8) is 0 Å². The van der Waals surface area contributed by atoms with E-state index in [0.29, 0.717) is 47.4 Å². The summed E-state index contributed by atoms with van der Waals surface area (Å²) >= 11 is 11.9. The predicted octanol–water partition coefficient (Wildman–Crippen LogP) is 2.39. The lowest BCUT2D eigenvalue weighted by Gasteiger charge is -2.35. The van der Waals surface area contributed by atoms with Gasteiger partial charge in [0.05, 0.1) is 10.0 Å². The van der Waals surface area contributed by atoms with Gasteiger partial charge in [0.1, 0.15) is 12.1 Å². The number of piperazine rings is 1. The molecule has 1 aliphatic rings. The number of nitrogens with zero attached hydrogens (tertiary/aromatic N) is 6. The van der Waals surface area contributed by atoms with Crippen molar-refractivity contribution < 1.29 is 4.79 Å². The summed E-state index contributed by atoms with van der Waals surface area (Å²) in [5.41, 5.74) is 1.25. The van der Waals surface area contributed by atoms with Gasteiger partial charge in [-0.25, -0.2) is 0 Å². The molecule has 0 aliphatic carbocycles. The second-order valence-corrected chi connectivity index (χ2v) is 6.55. The number of hydrogen-bond acceptors (Lipinski definition) is 5. The Morgan fingerprint density at radius 1 is 1.00 bits per heavy atom. The number of carbonyl (C=O) groups is 1. The molecule has 7 nitrogen and oxygen atoms in total. The Morgan fingerprint density at radius 2 is 1.80 bits per heavy atom. The van der Waals surface area contributed by atoms with Gasteiger partial charge in [0.25, 0.3) is 5.91 Å². The first-order valence-corrected chi connectivity index (χ1v) is 8.54. The zero-order valence-corrected chi connectivity index (χ0v) is 14.7. The molecule has 1 fully saturated rings. The minimum absolute atomic E-state index is 0.0413. The number of hydrogen-bond donors (Lipinski definition) is 0. The maximum Gasteiger partial charge on any atom is 0.254 e. The molecular formula is C16H14Cl2N6O. The van der Waals surface area contributed by atoms with Crippen LogP contribution >= 0.6 is 23.2 Å². The van der Waals surface area contributed by atoms with Gasteiger partial charge in [-0.1, -0.05) is 23.2 Å². The van der Waals surface area contributed by atoms with E-state index in [0.717, 1.165) is 5.82 Å². The zero-order chi connectivity index (χ0) is 17.4. The van der Waals surface area contributed by atoms with Crippen LogP contribution in [-0.4, -0.2) is 56.8 Å². The third-order valence-corrected chi connectivity index (χ3v) is 4.94. The summed E-state index contributed by atoms with van der Waals surface area (Å²) in [6, 6.07) is 8.75. The van der Waals surface area contributed by atoms with Gasteiger partial charge < -0.3 is 9.80 Å². The van der Waals surface area contributed by atoms with Crippen molar-refractivity contribution in [3.05, 3.63) is 52.3 Å². The fraction of sp³-hybridized carbons (Fsp3) is 0.250. The quantitative estimate of drug-likeness (QED) is 0.686. The number of halogens is 2. The Kier molecular flexibility index (Phi) is 4.19. The van der Waals surface area contributed by atoms with Crippen LogP contribution in [0, 0.1) is 0 Å². The summed E-state index contributed by atoms with van der Waals surface area (Å²) in [5.74, 6) is 0.800. The highest BCUT2D eigenvalue weighted by Gasteiger charge is 2.23. The number of amides is 1. The zero-order valence-electron chi connectivity index (χ0n) is 13.1. The monoisotopic (exact) mass is 376 g/mol. The molecule has 0 atom stereocenters. The van der Waals surface area contributed by atoms with E-state index in [1.807, 2.05) is 17.0 Å². The molecule has 0 bridgehead atoms. The number of benzene rings is 1. The topological polar surface area (TPSA) is 66.6 Å². The molecule has 3 heterocycles. The molecule has 4 rings (SSSR count). The molecular weight excluding hydrogens is 363 g/mol. The number of fused-ring (bicyclic) bond motifs is 1. The van der Waals surface area contributed by atoms with Crippen LogP contribution in [0.5, 0.6) is 0 Å². The molecule has 0 unspecified atom stereocenters. The Bertz CT molecular complexity index is 935. The first kappa shape index (κ1) is 16.1. The molecule has 0 saturated carbocycles. The molecule has 0 N–H and O–H groups in total. The Labute approximate surface area is 153 Å². The third kappa shape index (κ3) is 3.12. The molecule has 3 aromatic rings. The van der Waals surface area contributed by atoms with E-state index in [9.17, 15) is 4.79 Å². The van der Waals surface area contributed by atoms with E-state index >= 15 is 0 Å². The highest BCUT2D eigenvalue weighted by atomic mass is 35.5. The van der Waals surface area contributed by atoms with E-state index in [2.05, 4.69) is 20.2 Å². The minimum atomic E-state index is -0.0413. The van der Waals surface area contributed by atoms with Crippen LogP contribution in [0.15, 0.2) is 36.7 Å². The molecule has 1 aromatic carbocycles. The fourth-order valence-electron chi connectivity index (χ4n) is 2.84. The van der Waals surface area contributed by atoms with Crippen molar-refractivity contribution >= 4 is 40.6 Å². The van der Waals surface area contributed by atoms with Gasteiger partial charge in [0.2, 0.25) is 0 Å².